The van der Waals surface area contributed by atoms with Gasteiger partial charge >= 0.3 is 0 Å². The summed E-state index contributed by atoms with van der Waals surface area (Å²) in [6, 6.07) is 0.654. The number of hydrogen-bond acceptors (Lipinski definition) is 2. The Balaban J connectivity index is 2.50. The van der Waals surface area contributed by atoms with Crippen LogP contribution in [0.3, 0.4) is 0 Å². The standard InChI is InChI=1S/C12H25NO/c1-6-12(5)10(13-7-2)8-11(12)14-9(3)4/h9-11,13H,6-8H2,1-5H3. The van der Waals surface area contributed by atoms with Crippen LogP contribution in [0, 0.1) is 5.41 Å². The maximum Gasteiger partial charge on any atom is 0.0661 e. The SMILES string of the molecule is CCNC1CC(OC(C)C)C1(C)CC. The molecule has 0 saturated heterocycles. The molecule has 1 N–H and O–H groups in total. The average molecular weight is 199 g/mol. The van der Waals surface area contributed by atoms with Crippen molar-refractivity contribution in [3.05, 3.63) is 0 Å². The second-order valence-corrected chi connectivity index (χ2v) is 4.88. The Hall–Kier alpha value is -0.0800. The first-order valence-corrected chi connectivity index (χ1v) is 5.93. The zero-order valence-corrected chi connectivity index (χ0v) is 10.3. The van der Waals surface area contributed by atoms with Crippen molar-refractivity contribution in [1.82, 2.24) is 5.32 Å². The lowest BCUT2D eigenvalue weighted by atomic mass is 9.61. The molecule has 1 saturated carbocycles. The molecule has 1 aliphatic rings. The van der Waals surface area contributed by atoms with Crippen LogP contribution >= 0.6 is 0 Å². The minimum Gasteiger partial charge on any atom is -0.375 e. The smallest absolute Gasteiger partial charge is 0.0661 e. The number of nitrogens with one attached hydrogen (secondary N) is 1. The maximum absolute atomic E-state index is 5.93. The van der Waals surface area contributed by atoms with Crippen LogP contribution in [0.2, 0.25) is 0 Å². The van der Waals surface area contributed by atoms with E-state index in [0.29, 0.717) is 23.7 Å². The molecular weight excluding hydrogens is 174 g/mol. The van der Waals surface area contributed by atoms with Crippen molar-refractivity contribution >= 4 is 0 Å². The molecule has 0 aliphatic heterocycles. The van der Waals surface area contributed by atoms with E-state index in [4.69, 9.17) is 4.74 Å². The fourth-order valence-electron chi connectivity index (χ4n) is 2.39. The highest BCUT2D eigenvalue weighted by molar-refractivity contribution is 5.04. The second-order valence-electron chi connectivity index (χ2n) is 4.88. The van der Waals surface area contributed by atoms with Gasteiger partial charge in [-0.15, -0.1) is 0 Å². The molecule has 0 aromatic heterocycles. The molecule has 2 heteroatoms. The molecule has 14 heavy (non-hydrogen) atoms. The Kier molecular flexibility index (Phi) is 3.96. The monoisotopic (exact) mass is 199 g/mol. The van der Waals surface area contributed by atoms with Crippen LogP contribution < -0.4 is 5.32 Å². The first-order chi connectivity index (χ1) is 6.54. The van der Waals surface area contributed by atoms with Crippen LogP contribution in [0.15, 0.2) is 0 Å². The van der Waals surface area contributed by atoms with Crippen LogP contribution in [0.1, 0.15) is 47.5 Å². The van der Waals surface area contributed by atoms with Crippen LogP contribution in [0.25, 0.3) is 0 Å². The highest BCUT2D eigenvalue weighted by Gasteiger charge is 2.50. The van der Waals surface area contributed by atoms with Gasteiger partial charge in [-0.1, -0.05) is 20.8 Å². The topological polar surface area (TPSA) is 21.3 Å². The molecule has 1 fully saturated rings. The van der Waals surface area contributed by atoms with Crippen molar-refractivity contribution in [2.24, 2.45) is 5.41 Å². The summed E-state index contributed by atoms with van der Waals surface area (Å²) in [4.78, 5) is 0. The predicted octanol–water partition coefficient (Wildman–Crippen LogP) is 2.58. The molecule has 0 aromatic rings. The zero-order chi connectivity index (χ0) is 10.8. The lowest BCUT2D eigenvalue weighted by molar-refractivity contribution is -0.148. The Morgan fingerprint density at radius 3 is 2.50 bits per heavy atom. The van der Waals surface area contributed by atoms with E-state index in [2.05, 4.69) is 39.9 Å². The van der Waals surface area contributed by atoms with Crippen molar-refractivity contribution in [3.8, 4) is 0 Å². The van der Waals surface area contributed by atoms with Crippen molar-refractivity contribution in [1.29, 1.82) is 0 Å². The molecule has 2 nitrogen and oxygen atoms in total. The molecular formula is C12H25NO. The molecule has 0 spiro atoms. The van der Waals surface area contributed by atoms with Gasteiger partial charge in [0.15, 0.2) is 0 Å². The minimum absolute atomic E-state index is 0.347. The highest BCUT2D eigenvalue weighted by Crippen LogP contribution is 2.46. The molecule has 0 radical (unpaired) electrons. The molecule has 1 aliphatic carbocycles. The van der Waals surface area contributed by atoms with Gasteiger partial charge in [0.05, 0.1) is 12.2 Å². The van der Waals surface area contributed by atoms with Gasteiger partial charge in [-0.25, -0.2) is 0 Å². The number of ether oxygens (including phenoxy) is 1. The molecule has 84 valence electrons. The third-order valence-electron chi connectivity index (χ3n) is 3.63. The van der Waals surface area contributed by atoms with Gasteiger partial charge < -0.3 is 10.1 Å². The summed E-state index contributed by atoms with van der Waals surface area (Å²) in [7, 11) is 0. The van der Waals surface area contributed by atoms with E-state index in [9.17, 15) is 0 Å². The first-order valence-electron chi connectivity index (χ1n) is 5.93. The average Bonchev–Trinajstić information content (AvgIpc) is 2.14. The fraction of sp³-hybridized carbons (Fsp3) is 1.00. The van der Waals surface area contributed by atoms with Gasteiger partial charge in [-0.3, -0.25) is 0 Å². The van der Waals surface area contributed by atoms with Gasteiger partial charge in [0.25, 0.3) is 0 Å². The van der Waals surface area contributed by atoms with E-state index in [-0.39, 0.29) is 0 Å². The summed E-state index contributed by atoms with van der Waals surface area (Å²) in [5, 5.41) is 3.55. The molecule has 0 amide bonds. The second kappa shape index (κ2) is 4.63. The van der Waals surface area contributed by atoms with E-state index in [1.165, 1.54) is 12.8 Å². The van der Waals surface area contributed by atoms with Crippen LogP contribution in [0.4, 0.5) is 0 Å². The van der Waals surface area contributed by atoms with E-state index in [1.54, 1.807) is 0 Å². The minimum atomic E-state index is 0.347. The maximum atomic E-state index is 5.93. The normalized spacial score (nSPS) is 37.3. The van der Waals surface area contributed by atoms with Crippen molar-refractivity contribution in [3.63, 3.8) is 0 Å². The summed E-state index contributed by atoms with van der Waals surface area (Å²) < 4.78 is 5.93. The highest BCUT2D eigenvalue weighted by atomic mass is 16.5. The van der Waals surface area contributed by atoms with Gasteiger partial charge in [-0.05, 0) is 33.2 Å². The van der Waals surface area contributed by atoms with Crippen LogP contribution in [0.5, 0.6) is 0 Å². The van der Waals surface area contributed by atoms with Gasteiger partial charge in [0.2, 0.25) is 0 Å². The summed E-state index contributed by atoms with van der Waals surface area (Å²) in [5.74, 6) is 0. The Labute approximate surface area is 88.4 Å². The summed E-state index contributed by atoms with van der Waals surface area (Å²) in [6.45, 7) is 12.1. The van der Waals surface area contributed by atoms with Crippen molar-refractivity contribution in [2.75, 3.05) is 6.54 Å². The van der Waals surface area contributed by atoms with Crippen LogP contribution in [-0.2, 0) is 4.74 Å². The van der Waals surface area contributed by atoms with Crippen molar-refractivity contribution in [2.45, 2.75) is 65.7 Å². The lowest BCUT2D eigenvalue weighted by Gasteiger charge is -2.54. The Morgan fingerprint density at radius 2 is 2.07 bits per heavy atom. The third-order valence-corrected chi connectivity index (χ3v) is 3.63. The molecule has 3 atom stereocenters. The third kappa shape index (κ3) is 2.12. The van der Waals surface area contributed by atoms with E-state index in [0.717, 1.165) is 6.54 Å². The largest absolute Gasteiger partial charge is 0.375 e. The summed E-state index contributed by atoms with van der Waals surface area (Å²) in [6.07, 6.45) is 3.18. The number of hydrogen-bond donors (Lipinski definition) is 1. The van der Waals surface area contributed by atoms with Gasteiger partial charge in [-0.2, -0.15) is 0 Å². The van der Waals surface area contributed by atoms with Crippen molar-refractivity contribution < 1.29 is 4.74 Å². The summed E-state index contributed by atoms with van der Waals surface area (Å²) in [5.41, 5.74) is 0.347. The zero-order valence-electron chi connectivity index (χ0n) is 10.3. The molecule has 0 bridgehead atoms. The quantitative estimate of drug-likeness (QED) is 0.735. The Morgan fingerprint density at radius 1 is 1.43 bits per heavy atom. The molecule has 0 aromatic carbocycles. The molecule has 1 rings (SSSR count). The van der Waals surface area contributed by atoms with E-state index < -0.39 is 0 Å². The van der Waals surface area contributed by atoms with Gasteiger partial charge in [0, 0.05) is 11.5 Å². The van der Waals surface area contributed by atoms with E-state index >= 15 is 0 Å². The van der Waals surface area contributed by atoms with Crippen LogP contribution in [-0.4, -0.2) is 24.8 Å². The number of rotatable bonds is 5. The van der Waals surface area contributed by atoms with E-state index in [1.807, 2.05) is 0 Å². The summed E-state index contributed by atoms with van der Waals surface area (Å²) >= 11 is 0. The predicted molar refractivity (Wildman–Crippen MR) is 60.5 cm³/mol. The fourth-order valence-corrected chi connectivity index (χ4v) is 2.39. The molecule has 3 unspecified atom stereocenters. The molecule has 0 heterocycles. The Bertz CT molecular complexity index is 181. The first kappa shape index (κ1) is 12.0. The lowest BCUT2D eigenvalue weighted by Crippen LogP contribution is -2.62. The van der Waals surface area contributed by atoms with Gasteiger partial charge in [0.1, 0.15) is 0 Å².